The van der Waals surface area contributed by atoms with Crippen LogP contribution in [-0.2, 0) is 9.59 Å². The monoisotopic (exact) mass is 333 g/mol. The van der Waals surface area contributed by atoms with Gasteiger partial charge in [-0.25, -0.2) is 0 Å². The maximum Gasteiger partial charge on any atom is 0.286 e. The number of carbonyl (C=O) groups excluding carboxylic acids is 3. The lowest BCUT2D eigenvalue weighted by Crippen LogP contribution is -2.40. The van der Waals surface area contributed by atoms with E-state index in [1.165, 1.54) is 5.56 Å². The molecule has 1 aromatic carbocycles. The Morgan fingerprint density at radius 2 is 1.87 bits per heavy atom. The number of imide groups is 1. The Morgan fingerprint density at radius 1 is 1.22 bits per heavy atom. The highest BCUT2D eigenvalue weighted by atomic mass is 32.2. The topological polar surface area (TPSA) is 92.5 Å². The zero-order valence-electron chi connectivity index (χ0n) is 12.7. The van der Waals surface area contributed by atoms with Crippen LogP contribution in [0.1, 0.15) is 30.7 Å². The molecule has 2 aliphatic rings. The van der Waals surface area contributed by atoms with Gasteiger partial charge in [-0.2, -0.15) is 0 Å². The fraction of sp³-hybridized carbons (Fsp3) is 0.438. The first-order valence-corrected chi connectivity index (χ1v) is 8.55. The molecule has 0 spiro atoms. The highest BCUT2D eigenvalue weighted by Gasteiger charge is 2.35. The molecule has 122 valence electrons. The van der Waals surface area contributed by atoms with Crippen LogP contribution in [0.4, 0.5) is 10.5 Å². The fourth-order valence-corrected chi connectivity index (χ4v) is 3.86. The summed E-state index contributed by atoms with van der Waals surface area (Å²) in [5, 5.41) is 1.27. The third kappa shape index (κ3) is 3.67. The van der Waals surface area contributed by atoms with Gasteiger partial charge in [0, 0.05) is 25.2 Å². The summed E-state index contributed by atoms with van der Waals surface area (Å²) >= 11 is 0.906. The first-order valence-electron chi connectivity index (χ1n) is 7.67. The van der Waals surface area contributed by atoms with E-state index < -0.39 is 5.25 Å². The van der Waals surface area contributed by atoms with Crippen LogP contribution in [0.2, 0.25) is 0 Å². The molecule has 0 aliphatic carbocycles. The van der Waals surface area contributed by atoms with Crippen LogP contribution in [0.3, 0.4) is 0 Å². The van der Waals surface area contributed by atoms with E-state index in [0.29, 0.717) is 19.0 Å². The average Bonchev–Trinajstić information content (AvgIpc) is 2.86. The number of nitrogens with two attached hydrogens (primary N) is 1. The Balaban J connectivity index is 1.52. The van der Waals surface area contributed by atoms with Crippen molar-refractivity contribution in [3.05, 3.63) is 29.8 Å². The largest absolute Gasteiger partial charge is 0.399 e. The lowest BCUT2D eigenvalue weighted by Gasteiger charge is -2.32. The molecule has 7 heteroatoms. The van der Waals surface area contributed by atoms with Crippen molar-refractivity contribution < 1.29 is 14.4 Å². The van der Waals surface area contributed by atoms with Gasteiger partial charge in [-0.3, -0.25) is 19.7 Å². The zero-order chi connectivity index (χ0) is 16.4. The number of likely N-dealkylation sites (tertiary alicyclic amines) is 1. The molecule has 23 heavy (non-hydrogen) atoms. The summed E-state index contributed by atoms with van der Waals surface area (Å²) < 4.78 is 0. The normalized spacial score (nSPS) is 22.3. The van der Waals surface area contributed by atoms with Crippen molar-refractivity contribution in [2.24, 2.45) is 0 Å². The molecule has 1 atom stereocenters. The van der Waals surface area contributed by atoms with E-state index in [4.69, 9.17) is 5.73 Å². The molecule has 3 N–H and O–H groups in total. The summed E-state index contributed by atoms with van der Waals surface area (Å²) in [5.41, 5.74) is 7.71. The molecular weight excluding hydrogens is 314 g/mol. The maximum absolute atomic E-state index is 12.3. The summed E-state index contributed by atoms with van der Waals surface area (Å²) in [6, 6.07) is 7.89. The number of benzene rings is 1. The van der Waals surface area contributed by atoms with E-state index in [9.17, 15) is 14.4 Å². The third-order valence-electron chi connectivity index (χ3n) is 4.38. The molecule has 3 rings (SSSR count). The van der Waals surface area contributed by atoms with Crippen LogP contribution in [0, 0.1) is 0 Å². The highest BCUT2D eigenvalue weighted by Crippen LogP contribution is 2.30. The van der Waals surface area contributed by atoms with Crippen molar-refractivity contribution in [3.63, 3.8) is 0 Å². The van der Waals surface area contributed by atoms with Crippen molar-refractivity contribution >= 4 is 34.5 Å². The van der Waals surface area contributed by atoms with Gasteiger partial charge in [0.1, 0.15) is 5.25 Å². The Morgan fingerprint density at radius 3 is 2.43 bits per heavy atom. The molecule has 1 unspecified atom stereocenters. The smallest absolute Gasteiger partial charge is 0.286 e. The second-order valence-electron chi connectivity index (χ2n) is 5.91. The van der Waals surface area contributed by atoms with E-state index in [0.717, 1.165) is 30.3 Å². The number of thioether (sulfide) groups is 1. The summed E-state index contributed by atoms with van der Waals surface area (Å²) in [5.74, 6) is 0.0265. The summed E-state index contributed by atoms with van der Waals surface area (Å²) in [7, 11) is 0. The number of rotatable bonds is 3. The fourth-order valence-electron chi connectivity index (χ4n) is 3.05. The number of amides is 3. The van der Waals surface area contributed by atoms with Gasteiger partial charge in [-0.1, -0.05) is 23.9 Å². The molecule has 6 nitrogen and oxygen atoms in total. The van der Waals surface area contributed by atoms with Gasteiger partial charge in [0.2, 0.25) is 11.8 Å². The van der Waals surface area contributed by atoms with Crippen LogP contribution in [0.5, 0.6) is 0 Å². The van der Waals surface area contributed by atoms with Gasteiger partial charge in [0.25, 0.3) is 5.24 Å². The molecule has 0 aromatic heterocycles. The Labute approximate surface area is 138 Å². The predicted molar refractivity (Wildman–Crippen MR) is 88.9 cm³/mol. The summed E-state index contributed by atoms with van der Waals surface area (Å²) in [6.45, 7) is 1.36. The van der Waals surface area contributed by atoms with Crippen LogP contribution in [0.25, 0.3) is 0 Å². The molecule has 0 bridgehead atoms. The van der Waals surface area contributed by atoms with Crippen molar-refractivity contribution in [3.8, 4) is 0 Å². The van der Waals surface area contributed by atoms with Gasteiger partial charge < -0.3 is 10.6 Å². The van der Waals surface area contributed by atoms with Gasteiger partial charge >= 0.3 is 0 Å². The van der Waals surface area contributed by atoms with Crippen LogP contribution >= 0.6 is 11.8 Å². The quantitative estimate of drug-likeness (QED) is 0.822. The van der Waals surface area contributed by atoms with Gasteiger partial charge in [-0.05, 0) is 36.5 Å². The standard InChI is InChI=1S/C16H19N3O3S/c17-12-3-1-10(2-4-12)11-5-7-19(8-6-11)14(20)9-13-15(21)18-16(22)23-13/h1-4,11,13H,5-9,17H2,(H,18,21,22). The van der Waals surface area contributed by atoms with Crippen LogP contribution in [-0.4, -0.2) is 40.3 Å². The van der Waals surface area contributed by atoms with E-state index in [1.807, 2.05) is 24.3 Å². The van der Waals surface area contributed by atoms with Gasteiger partial charge in [0.15, 0.2) is 0 Å². The summed E-state index contributed by atoms with van der Waals surface area (Å²) in [6.07, 6.45) is 1.89. The first kappa shape index (κ1) is 15.9. The highest BCUT2D eigenvalue weighted by molar-refractivity contribution is 8.15. The van der Waals surface area contributed by atoms with Gasteiger partial charge in [-0.15, -0.1) is 0 Å². The number of nitrogen functional groups attached to an aromatic ring is 1. The third-order valence-corrected chi connectivity index (χ3v) is 5.36. The van der Waals surface area contributed by atoms with E-state index >= 15 is 0 Å². The molecule has 2 aliphatic heterocycles. The van der Waals surface area contributed by atoms with Crippen molar-refractivity contribution in [2.75, 3.05) is 18.8 Å². The number of hydrogen-bond donors (Lipinski definition) is 2. The predicted octanol–water partition coefficient (Wildman–Crippen LogP) is 1.72. The number of anilines is 1. The number of nitrogens with one attached hydrogen (secondary N) is 1. The summed E-state index contributed by atoms with van der Waals surface area (Å²) in [4.78, 5) is 36.8. The van der Waals surface area contributed by atoms with Crippen LogP contribution < -0.4 is 11.1 Å². The molecular formula is C16H19N3O3S. The van der Waals surface area contributed by atoms with E-state index in [-0.39, 0.29) is 23.5 Å². The average molecular weight is 333 g/mol. The second kappa shape index (κ2) is 6.62. The minimum atomic E-state index is -0.579. The minimum Gasteiger partial charge on any atom is -0.399 e. The molecule has 0 radical (unpaired) electrons. The van der Waals surface area contributed by atoms with E-state index in [2.05, 4.69) is 5.32 Å². The first-order chi connectivity index (χ1) is 11.0. The Hall–Kier alpha value is -2.02. The van der Waals surface area contributed by atoms with Crippen molar-refractivity contribution in [2.45, 2.75) is 30.4 Å². The minimum absolute atomic E-state index is 0.0527. The van der Waals surface area contributed by atoms with Crippen LogP contribution in [0.15, 0.2) is 24.3 Å². The molecule has 2 fully saturated rings. The number of nitrogens with zero attached hydrogens (tertiary/aromatic N) is 1. The van der Waals surface area contributed by atoms with Gasteiger partial charge in [0.05, 0.1) is 0 Å². The number of carbonyl (C=O) groups is 3. The number of piperidine rings is 1. The van der Waals surface area contributed by atoms with Crippen molar-refractivity contribution in [1.29, 1.82) is 0 Å². The van der Waals surface area contributed by atoms with Crippen molar-refractivity contribution in [1.82, 2.24) is 10.2 Å². The zero-order valence-corrected chi connectivity index (χ0v) is 13.5. The van der Waals surface area contributed by atoms with E-state index in [1.54, 1.807) is 4.90 Å². The lowest BCUT2D eigenvalue weighted by atomic mass is 9.89. The Kier molecular flexibility index (Phi) is 4.56. The SMILES string of the molecule is Nc1ccc(C2CCN(C(=O)CC3SC(=O)NC3=O)CC2)cc1. The molecule has 0 saturated carbocycles. The molecule has 1 aromatic rings. The molecule has 3 amide bonds. The second-order valence-corrected chi connectivity index (χ2v) is 7.08. The Bertz CT molecular complexity index is 624. The molecule has 2 heterocycles. The number of hydrogen-bond acceptors (Lipinski definition) is 5. The lowest BCUT2D eigenvalue weighted by molar-refractivity contribution is -0.133. The maximum atomic E-state index is 12.3. The molecule has 2 saturated heterocycles.